The van der Waals surface area contributed by atoms with Crippen LogP contribution in [0.5, 0.6) is 11.5 Å². The zero-order valence-corrected chi connectivity index (χ0v) is 17.7. The van der Waals surface area contributed by atoms with E-state index in [0.29, 0.717) is 6.61 Å². The lowest BCUT2D eigenvalue weighted by molar-refractivity contribution is -0.114. The van der Waals surface area contributed by atoms with E-state index >= 15 is 0 Å². The molecule has 0 saturated carbocycles. The number of hydrogen-bond donors (Lipinski definition) is 2. The van der Waals surface area contributed by atoms with E-state index in [1.807, 2.05) is 48.5 Å². The van der Waals surface area contributed by atoms with Gasteiger partial charge in [-0.25, -0.2) is 0 Å². The fourth-order valence-electron chi connectivity index (χ4n) is 2.80. The van der Waals surface area contributed by atoms with Crippen molar-refractivity contribution in [2.75, 3.05) is 30.4 Å². The average Bonchev–Trinajstić information content (AvgIpc) is 2.73. The predicted molar refractivity (Wildman–Crippen MR) is 120 cm³/mol. The van der Waals surface area contributed by atoms with E-state index in [1.165, 1.54) is 19.3 Å². The fourth-order valence-corrected chi connectivity index (χ4v) is 2.80. The SMILES string of the molecule is CCCCCCOc1cccc(NCC(=O)Nc2cccc(OCCCC)c2)c1. The molecule has 2 N–H and O–H groups in total. The van der Waals surface area contributed by atoms with Crippen molar-refractivity contribution < 1.29 is 14.3 Å². The number of benzene rings is 2. The lowest BCUT2D eigenvalue weighted by atomic mass is 10.2. The summed E-state index contributed by atoms with van der Waals surface area (Å²) < 4.78 is 11.5. The van der Waals surface area contributed by atoms with Gasteiger partial charge in [0.2, 0.25) is 5.91 Å². The first-order valence-electron chi connectivity index (χ1n) is 10.7. The molecule has 5 nitrogen and oxygen atoms in total. The van der Waals surface area contributed by atoms with Gasteiger partial charge in [-0.05, 0) is 37.1 Å². The van der Waals surface area contributed by atoms with Gasteiger partial charge in [-0.2, -0.15) is 0 Å². The van der Waals surface area contributed by atoms with Crippen LogP contribution in [0.4, 0.5) is 11.4 Å². The molecule has 0 radical (unpaired) electrons. The molecule has 2 rings (SSSR count). The van der Waals surface area contributed by atoms with Crippen molar-refractivity contribution in [1.82, 2.24) is 0 Å². The molecule has 29 heavy (non-hydrogen) atoms. The molecule has 0 spiro atoms. The highest BCUT2D eigenvalue weighted by Gasteiger charge is 2.05. The second-order valence-electron chi connectivity index (χ2n) is 7.07. The number of ether oxygens (including phenoxy) is 2. The van der Waals surface area contributed by atoms with E-state index in [2.05, 4.69) is 24.5 Å². The smallest absolute Gasteiger partial charge is 0.243 e. The Morgan fingerprint density at radius 2 is 1.41 bits per heavy atom. The van der Waals surface area contributed by atoms with Crippen molar-refractivity contribution in [2.24, 2.45) is 0 Å². The number of carbonyl (C=O) groups excluding carboxylic acids is 1. The molecule has 0 atom stereocenters. The minimum Gasteiger partial charge on any atom is -0.494 e. The van der Waals surface area contributed by atoms with E-state index in [0.717, 1.165) is 48.7 Å². The van der Waals surface area contributed by atoms with E-state index in [-0.39, 0.29) is 12.5 Å². The van der Waals surface area contributed by atoms with Gasteiger partial charge >= 0.3 is 0 Å². The number of unbranched alkanes of at least 4 members (excludes halogenated alkanes) is 4. The minimum absolute atomic E-state index is 0.110. The van der Waals surface area contributed by atoms with Crippen LogP contribution in [-0.4, -0.2) is 25.7 Å². The summed E-state index contributed by atoms with van der Waals surface area (Å²) in [6.07, 6.45) is 6.83. The number of amides is 1. The monoisotopic (exact) mass is 398 g/mol. The highest BCUT2D eigenvalue weighted by Crippen LogP contribution is 2.19. The van der Waals surface area contributed by atoms with Crippen LogP contribution < -0.4 is 20.1 Å². The molecule has 5 heteroatoms. The Labute approximate surface area is 174 Å². The zero-order valence-electron chi connectivity index (χ0n) is 17.7. The van der Waals surface area contributed by atoms with Gasteiger partial charge in [-0.1, -0.05) is 51.7 Å². The minimum atomic E-state index is -0.110. The fraction of sp³-hybridized carbons (Fsp3) is 0.458. The topological polar surface area (TPSA) is 59.6 Å². The summed E-state index contributed by atoms with van der Waals surface area (Å²) in [5.41, 5.74) is 1.60. The first kappa shape index (κ1) is 22.6. The van der Waals surface area contributed by atoms with Crippen LogP contribution in [0.2, 0.25) is 0 Å². The maximum absolute atomic E-state index is 12.3. The number of rotatable bonds is 14. The molecule has 0 aromatic heterocycles. The van der Waals surface area contributed by atoms with Crippen LogP contribution in [0, 0.1) is 0 Å². The van der Waals surface area contributed by atoms with Gasteiger partial charge < -0.3 is 20.1 Å². The normalized spacial score (nSPS) is 10.4. The number of carbonyl (C=O) groups is 1. The molecule has 2 aromatic rings. The number of anilines is 2. The summed E-state index contributed by atoms with van der Waals surface area (Å²) in [4.78, 5) is 12.3. The Hall–Kier alpha value is -2.69. The maximum Gasteiger partial charge on any atom is 0.243 e. The lowest BCUT2D eigenvalue weighted by Gasteiger charge is -2.11. The third-order valence-corrected chi connectivity index (χ3v) is 4.44. The second kappa shape index (κ2) is 13.5. The first-order chi connectivity index (χ1) is 14.2. The molecule has 0 aliphatic rings. The van der Waals surface area contributed by atoms with Gasteiger partial charge in [0.1, 0.15) is 11.5 Å². The summed E-state index contributed by atoms with van der Waals surface area (Å²) >= 11 is 0. The molecule has 0 bridgehead atoms. The van der Waals surface area contributed by atoms with Crippen LogP contribution in [-0.2, 0) is 4.79 Å². The Morgan fingerprint density at radius 1 is 0.793 bits per heavy atom. The maximum atomic E-state index is 12.3. The van der Waals surface area contributed by atoms with E-state index < -0.39 is 0 Å². The van der Waals surface area contributed by atoms with Crippen LogP contribution >= 0.6 is 0 Å². The molecule has 0 fully saturated rings. The van der Waals surface area contributed by atoms with Crippen molar-refractivity contribution in [3.63, 3.8) is 0 Å². The average molecular weight is 399 g/mol. The third kappa shape index (κ3) is 9.37. The van der Waals surface area contributed by atoms with Gasteiger partial charge in [0.25, 0.3) is 0 Å². The van der Waals surface area contributed by atoms with E-state index in [9.17, 15) is 4.79 Å². The van der Waals surface area contributed by atoms with Gasteiger partial charge in [0, 0.05) is 23.5 Å². The molecule has 2 aromatic carbocycles. The Morgan fingerprint density at radius 3 is 2.10 bits per heavy atom. The highest BCUT2D eigenvalue weighted by atomic mass is 16.5. The molecule has 0 aliphatic heterocycles. The summed E-state index contributed by atoms with van der Waals surface area (Å²) in [6, 6.07) is 15.2. The quantitative estimate of drug-likeness (QED) is 0.390. The molecule has 0 saturated heterocycles. The van der Waals surface area contributed by atoms with E-state index in [1.54, 1.807) is 0 Å². The zero-order chi connectivity index (χ0) is 20.7. The molecule has 0 unspecified atom stereocenters. The van der Waals surface area contributed by atoms with Crippen molar-refractivity contribution in [2.45, 2.75) is 52.4 Å². The van der Waals surface area contributed by atoms with Crippen molar-refractivity contribution in [3.8, 4) is 11.5 Å². The standard InChI is InChI=1S/C24H34N2O3/c1-3-5-7-8-16-29-22-13-9-11-20(17-22)25-19-24(27)26-21-12-10-14-23(18-21)28-15-6-4-2/h9-14,17-18,25H,3-8,15-16,19H2,1-2H3,(H,26,27). The van der Waals surface area contributed by atoms with Gasteiger partial charge in [0.15, 0.2) is 0 Å². The molecular formula is C24H34N2O3. The van der Waals surface area contributed by atoms with Crippen molar-refractivity contribution >= 4 is 17.3 Å². The number of nitrogens with one attached hydrogen (secondary N) is 2. The number of hydrogen-bond acceptors (Lipinski definition) is 4. The Balaban J connectivity index is 1.76. The molecule has 0 heterocycles. The molecule has 0 aliphatic carbocycles. The predicted octanol–water partition coefficient (Wildman–Crippen LogP) is 5.88. The second-order valence-corrected chi connectivity index (χ2v) is 7.07. The largest absolute Gasteiger partial charge is 0.494 e. The highest BCUT2D eigenvalue weighted by molar-refractivity contribution is 5.93. The summed E-state index contributed by atoms with van der Waals surface area (Å²) in [7, 11) is 0. The summed E-state index contributed by atoms with van der Waals surface area (Å²) in [6.45, 7) is 5.92. The van der Waals surface area contributed by atoms with Crippen molar-refractivity contribution in [1.29, 1.82) is 0 Å². The van der Waals surface area contributed by atoms with Crippen LogP contribution in [0.1, 0.15) is 52.4 Å². The molecular weight excluding hydrogens is 364 g/mol. The Kier molecular flexibility index (Phi) is 10.5. The van der Waals surface area contributed by atoms with Crippen molar-refractivity contribution in [3.05, 3.63) is 48.5 Å². The van der Waals surface area contributed by atoms with Gasteiger partial charge in [-0.15, -0.1) is 0 Å². The van der Waals surface area contributed by atoms with E-state index in [4.69, 9.17) is 9.47 Å². The van der Waals surface area contributed by atoms with Gasteiger partial charge in [0.05, 0.1) is 19.8 Å². The third-order valence-electron chi connectivity index (χ3n) is 4.44. The molecule has 1 amide bonds. The van der Waals surface area contributed by atoms with Gasteiger partial charge in [-0.3, -0.25) is 4.79 Å². The summed E-state index contributed by atoms with van der Waals surface area (Å²) in [5, 5.41) is 6.05. The first-order valence-corrected chi connectivity index (χ1v) is 10.7. The molecule has 158 valence electrons. The Bertz CT molecular complexity index is 734. The van der Waals surface area contributed by atoms with Crippen LogP contribution in [0.25, 0.3) is 0 Å². The van der Waals surface area contributed by atoms with Crippen LogP contribution in [0.3, 0.4) is 0 Å². The lowest BCUT2D eigenvalue weighted by Crippen LogP contribution is -2.21. The van der Waals surface area contributed by atoms with Crippen LogP contribution in [0.15, 0.2) is 48.5 Å². The summed E-state index contributed by atoms with van der Waals surface area (Å²) in [5.74, 6) is 1.48.